The average molecular weight is 270 g/mol. The van der Waals surface area contributed by atoms with Crippen LogP contribution in [-0.2, 0) is 0 Å². The van der Waals surface area contributed by atoms with Gasteiger partial charge in [0.15, 0.2) is 0 Å². The van der Waals surface area contributed by atoms with E-state index in [4.69, 9.17) is 5.11 Å². The lowest BCUT2D eigenvalue weighted by molar-refractivity contribution is 0.0652. The fraction of sp³-hybridized carbons (Fsp3) is 0.125. The maximum absolute atomic E-state index is 11.5. The third-order valence-electron chi connectivity index (χ3n) is 3.40. The first-order valence-corrected chi connectivity index (χ1v) is 6.09. The molecule has 0 aromatic heterocycles. The largest absolute Gasteiger partial charge is 0.478 e. The van der Waals surface area contributed by atoms with Gasteiger partial charge in [0.05, 0.1) is 11.1 Å². The summed E-state index contributed by atoms with van der Waals surface area (Å²) < 4.78 is 0. The SMILES string of the molecule is Cc1cccc(-c2cccc(C(=O)O)c2C(=O)O)c1C. The molecule has 0 saturated carbocycles. The van der Waals surface area contributed by atoms with Crippen LogP contribution in [0.2, 0.25) is 0 Å². The molecular formula is C16H14O4. The summed E-state index contributed by atoms with van der Waals surface area (Å²) in [6, 6.07) is 10.1. The summed E-state index contributed by atoms with van der Waals surface area (Å²) in [6.45, 7) is 3.82. The van der Waals surface area contributed by atoms with Gasteiger partial charge in [-0.25, -0.2) is 9.59 Å². The molecule has 0 amide bonds. The number of hydrogen-bond acceptors (Lipinski definition) is 2. The van der Waals surface area contributed by atoms with Crippen molar-refractivity contribution in [2.75, 3.05) is 0 Å². The van der Waals surface area contributed by atoms with Crippen molar-refractivity contribution in [3.8, 4) is 11.1 Å². The Labute approximate surface area is 116 Å². The molecule has 0 radical (unpaired) electrons. The van der Waals surface area contributed by atoms with E-state index in [-0.39, 0.29) is 11.1 Å². The Hall–Kier alpha value is -2.62. The molecule has 4 heteroatoms. The van der Waals surface area contributed by atoms with Crippen molar-refractivity contribution >= 4 is 11.9 Å². The second kappa shape index (κ2) is 5.17. The van der Waals surface area contributed by atoms with Crippen molar-refractivity contribution in [3.05, 3.63) is 58.7 Å². The molecule has 0 aliphatic rings. The predicted molar refractivity (Wildman–Crippen MR) is 75.3 cm³/mol. The van der Waals surface area contributed by atoms with Crippen molar-refractivity contribution in [1.82, 2.24) is 0 Å². The van der Waals surface area contributed by atoms with Crippen LogP contribution in [0.15, 0.2) is 36.4 Å². The minimum Gasteiger partial charge on any atom is -0.478 e. The third-order valence-corrected chi connectivity index (χ3v) is 3.40. The fourth-order valence-corrected chi connectivity index (χ4v) is 2.23. The Morgan fingerprint density at radius 2 is 1.45 bits per heavy atom. The van der Waals surface area contributed by atoms with Crippen LogP contribution < -0.4 is 0 Å². The molecular weight excluding hydrogens is 256 g/mol. The van der Waals surface area contributed by atoms with Crippen LogP contribution in [0.5, 0.6) is 0 Å². The van der Waals surface area contributed by atoms with Crippen molar-refractivity contribution in [2.24, 2.45) is 0 Å². The van der Waals surface area contributed by atoms with E-state index in [9.17, 15) is 14.7 Å². The van der Waals surface area contributed by atoms with Crippen LogP contribution in [0.4, 0.5) is 0 Å². The van der Waals surface area contributed by atoms with Crippen molar-refractivity contribution in [1.29, 1.82) is 0 Å². The molecule has 0 spiro atoms. The van der Waals surface area contributed by atoms with Crippen LogP contribution in [0, 0.1) is 13.8 Å². The molecule has 2 aromatic rings. The molecule has 0 aliphatic carbocycles. The summed E-state index contributed by atoms with van der Waals surface area (Å²) in [5.41, 5.74) is 2.77. The maximum Gasteiger partial charge on any atom is 0.337 e. The van der Waals surface area contributed by atoms with E-state index in [1.54, 1.807) is 18.2 Å². The lowest BCUT2D eigenvalue weighted by Crippen LogP contribution is -2.10. The Kier molecular flexibility index (Phi) is 3.57. The van der Waals surface area contributed by atoms with Crippen LogP contribution in [0.25, 0.3) is 11.1 Å². The quantitative estimate of drug-likeness (QED) is 0.896. The second-order valence-electron chi connectivity index (χ2n) is 4.59. The predicted octanol–water partition coefficient (Wildman–Crippen LogP) is 3.37. The first-order valence-electron chi connectivity index (χ1n) is 6.09. The fourth-order valence-electron chi connectivity index (χ4n) is 2.23. The molecule has 0 unspecified atom stereocenters. The number of rotatable bonds is 3. The van der Waals surface area contributed by atoms with Gasteiger partial charge in [-0.2, -0.15) is 0 Å². The van der Waals surface area contributed by atoms with Crippen LogP contribution >= 0.6 is 0 Å². The zero-order valence-electron chi connectivity index (χ0n) is 11.2. The van der Waals surface area contributed by atoms with Crippen LogP contribution in [0.1, 0.15) is 31.8 Å². The Morgan fingerprint density at radius 1 is 0.850 bits per heavy atom. The normalized spacial score (nSPS) is 10.3. The van der Waals surface area contributed by atoms with Crippen molar-refractivity contribution in [2.45, 2.75) is 13.8 Å². The van der Waals surface area contributed by atoms with Gasteiger partial charge in [0, 0.05) is 0 Å². The molecule has 20 heavy (non-hydrogen) atoms. The molecule has 0 bridgehead atoms. The lowest BCUT2D eigenvalue weighted by Gasteiger charge is -2.13. The molecule has 2 rings (SSSR count). The molecule has 102 valence electrons. The van der Waals surface area contributed by atoms with E-state index in [1.165, 1.54) is 6.07 Å². The molecule has 0 heterocycles. The molecule has 2 aromatic carbocycles. The Morgan fingerprint density at radius 3 is 2.05 bits per heavy atom. The zero-order valence-corrected chi connectivity index (χ0v) is 11.2. The molecule has 2 N–H and O–H groups in total. The van der Waals surface area contributed by atoms with Gasteiger partial charge in [-0.1, -0.05) is 30.3 Å². The van der Waals surface area contributed by atoms with Gasteiger partial charge >= 0.3 is 11.9 Å². The number of carboxylic acids is 2. The summed E-state index contributed by atoms with van der Waals surface area (Å²) in [7, 11) is 0. The minimum absolute atomic E-state index is 0.172. The van der Waals surface area contributed by atoms with Gasteiger partial charge in [0.1, 0.15) is 0 Å². The Bertz CT molecular complexity index is 702. The highest BCUT2D eigenvalue weighted by atomic mass is 16.4. The summed E-state index contributed by atoms with van der Waals surface area (Å²) >= 11 is 0. The molecule has 4 nitrogen and oxygen atoms in total. The molecule has 0 saturated heterocycles. The smallest absolute Gasteiger partial charge is 0.337 e. The van der Waals surface area contributed by atoms with Gasteiger partial charge in [-0.15, -0.1) is 0 Å². The number of carboxylic acid groups (broad SMARTS) is 2. The summed E-state index contributed by atoms with van der Waals surface area (Å²) in [5.74, 6) is -2.48. The van der Waals surface area contributed by atoms with E-state index >= 15 is 0 Å². The first kappa shape index (κ1) is 13.8. The van der Waals surface area contributed by atoms with E-state index in [0.717, 1.165) is 16.7 Å². The topological polar surface area (TPSA) is 74.6 Å². The number of benzene rings is 2. The van der Waals surface area contributed by atoms with Crippen LogP contribution in [0.3, 0.4) is 0 Å². The zero-order chi connectivity index (χ0) is 14.9. The summed E-state index contributed by atoms with van der Waals surface area (Å²) in [4.78, 5) is 22.7. The third kappa shape index (κ3) is 2.28. The summed E-state index contributed by atoms with van der Waals surface area (Å²) in [5, 5.41) is 18.5. The van der Waals surface area contributed by atoms with Gasteiger partial charge in [0.2, 0.25) is 0 Å². The van der Waals surface area contributed by atoms with Gasteiger partial charge in [-0.05, 0) is 42.2 Å². The minimum atomic E-state index is -1.24. The molecule has 0 atom stereocenters. The highest BCUT2D eigenvalue weighted by molar-refractivity contribution is 6.06. The number of carbonyl (C=O) groups is 2. The number of aryl methyl sites for hydroxylation is 1. The highest BCUT2D eigenvalue weighted by Gasteiger charge is 2.21. The van der Waals surface area contributed by atoms with Crippen molar-refractivity contribution in [3.63, 3.8) is 0 Å². The monoisotopic (exact) mass is 270 g/mol. The molecule has 0 fully saturated rings. The molecule has 0 aliphatic heterocycles. The van der Waals surface area contributed by atoms with E-state index in [0.29, 0.717) is 5.56 Å². The number of aromatic carboxylic acids is 2. The van der Waals surface area contributed by atoms with E-state index in [2.05, 4.69) is 0 Å². The maximum atomic E-state index is 11.5. The van der Waals surface area contributed by atoms with Gasteiger partial charge in [-0.3, -0.25) is 0 Å². The number of hydrogen-bond donors (Lipinski definition) is 2. The van der Waals surface area contributed by atoms with E-state index in [1.807, 2.05) is 26.0 Å². The first-order chi connectivity index (χ1) is 9.43. The standard InChI is InChI=1S/C16H14O4/c1-9-5-3-6-11(10(9)2)12-7-4-8-13(15(17)18)14(12)16(19)20/h3-8H,1-2H3,(H,17,18)(H,19,20). The highest BCUT2D eigenvalue weighted by Crippen LogP contribution is 2.30. The summed E-state index contributed by atoms with van der Waals surface area (Å²) in [6.07, 6.45) is 0. The van der Waals surface area contributed by atoms with Crippen LogP contribution in [-0.4, -0.2) is 22.2 Å². The van der Waals surface area contributed by atoms with Gasteiger partial charge in [0.25, 0.3) is 0 Å². The lowest BCUT2D eigenvalue weighted by atomic mass is 9.91. The second-order valence-corrected chi connectivity index (χ2v) is 4.59. The Balaban J connectivity index is 2.81. The van der Waals surface area contributed by atoms with Gasteiger partial charge < -0.3 is 10.2 Å². The average Bonchev–Trinajstić information content (AvgIpc) is 2.40. The van der Waals surface area contributed by atoms with Crippen molar-refractivity contribution < 1.29 is 19.8 Å². The van der Waals surface area contributed by atoms with E-state index < -0.39 is 11.9 Å².